The van der Waals surface area contributed by atoms with Gasteiger partial charge in [-0.1, -0.05) is 23.7 Å². The average molecular weight is 467 g/mol. The van der Waals surface area contributed by atoms with Crippen LogP contribution in [0.5, 0.6) is 0 Å². The summed E-state index contributed by atoms with van der Waals surface area (Å²) in [5.41, 5.74) is 2.48. The molecule has 1 aromatic carbocycles. The third-order valence-electron chi connectivity index (χ3n) is 7.01. The van der Waals surface area contributed by atoms with Gasteiger partial charge in [-0.2, -0.15) is 0 Å². The smallest absolute Gasteiger partial charge is 0.223 e. The lowest BCUT2D eigenvalue weighted by molar-refractivity contribution is -0.129. The normalized spacial score (nSPS) is 23.0. The van der Waals surface area contributed by atoms with E-state index in [1.54, 1.807) is 0 Å². The van der Waals surface area contributed by atoms with Crippen LogP contribution in [0.3, 0.4) is 0 Å². The minimum absolute atomic E-state index is 0.135. The van der Waals surface area contributed by atoms with E-state index in [1.165, 1.54) is 0 Å². The highest BCUT2D eigenvalue weighted by Crippen LogP contribution is 2.35. The number of amides is 1. The van der Waals surface area contributed by atoms with Crippen LogP contribution in [0, 0.1) is 6.92 Å². The second kappa shape index (κ2) is 8.25. The Bertz CT molecular complexity index is 1220. The van der Waals surface area contributed by atoms with Crippen molar-refractivity contribution in [1.82, 2.24) is 24.4 Å². The number of imidazole rings is 1. The standard InChI is InChI=1S/C24H27ClN6O2/c1-15-26-23(29-10-11-30-16(13-29)8-9-20(30)32)21-24(27-15)31(14-17-5-4-12-33-17)22(28-21)18-6-2-3-7-19(18)25/h2-3,6-7,16-17H,4-5,8-14H2,1H3/t16?,17-/m1/s1. The van der Waals surface area contributed by atoms with Crippen molar-refractivity contribution in [1.29, 1.82) is 0 Å². The summed E-state index contributed by atoms with van der Waals surface area (Å²) < 4.78 is 8.11. The zero-order valence-corrected chi connectivity index (χ0v) is 19.5. The number of piperazine rings is 1. The largest absolute Gasteiger partial charge is 0.376 e. The van der Waals surface area contributed by atoms with Crippen LogP contribution in [0.15, 0.2) is 24.3 Å². The zero-order valence-electron chi connectivity index (χ0n) is 18.7. The summed E-state index contributed by atoms with van der Waals surface area (Å²) in [6, 6.07) is 8.04. The minimum Gasteiger partial charge on any atom is -0.376 e. The summed E-state index contributed by atoms with van der Waals surface area (Å²) in [6.07, 6.45) is 3.78. The molecule has 5 heterocycles. The summed E-state index contributed by atoms with van der Waals surface area (Å²) in [5.74, 6) is 2.62. The first kappa shape index (κ1) is 20.9. The summed E-state index contributed by atoms with van der Waals surface area (Å²) in [5, 5.41) is 0.658. The number of nitrogens with zero attached hydrogens (tertiary/aromatic N) is 6. The highest BCUT2D eigenvalue weighted by molar-refractivity contribution is 6.33. The quantitative estimate of drug-likeness (QED) is 0.586. The molecule has 2 atom stereocenters. The van der Waals surface area contributed by atoms with Crippen LogP contribution >= 0.6 is 11.6 Å². The molecule has 1 unspecified atom stereocenters. The second-order valence-corrected chi connectivity index (χ2v) is 9.56. The Morgan fingerprint density at radius 2 is 2.03 bits per heavy atom. The van der Waals surface area contributed by atoms with Crippen molar-refractivity contribution in [3.05, 3.63) is 35.1 Å². The molecule has 172 valence electrons. The highest BCUT2D eigenvalue weighted by Gasteiger charge is 2.37. The third kappa shape index (κ3) is 3.65. The van der Waals surface area contributed by atoms with Gasteiger partial charge in [0, 0.05) is 44.3 Å². The Morgan fingerprint density at radius 3 is 2.85 bits per heavy atom. The van der Waals surface area contributed by atoms with Crippen molar-refractivity contribution in [2.75, 3.05) is 31.1 Å². The number of anilines is 1. The predicted octanol–water partition coefficient (Wildman–Crippen LogP) is 3.45. The topological polar surface area (TPSA) is 76.4 Å². The Morgan fingerprint density at radius 1 is 1.15 bits per heavy atom. The Labute approximate surface area is 197 Å². The fraction of sp³-hybridized carbons (Fsp3) is 0.500. The number of carbonyl (C=O) groups excluding carboxylic acids is 1. The molecule has 3 aromatic rings. The first-order chi connectivity index (χ1) is 16.1. The Hall–Kier alpha value is -2.71. The highest BCUT2D eigenvalue weighted by atomic mass is 35.5. The zero-order chi connectivity index (χ0) is 22.5. The number of hydrogen-bond acceptors (Lipinski definition) is 6. The fourth-order valence-electron chi connectivity index (χ4n) is 5.38. The van der Waals surface area contributed by atoms with E-state index in [0.29, 0.717) is 23.8 Å². The van der Waals surface area contributed by atoms with Gasteiger partial charge >= 0.3 is 0 Å². The molecule has 3 aliphatic heterocycles. The van der Waals surface area contributed by atoms with Crippen LogP contribution in [0.2, 0.25) is 5.02 Å². The van der Waals surface area contributed by atoms with E-state index in [4.69, 9.17) is 31.3 Å². The number of rotatable bonds is 4. The van der Waals surface area contributed by atoms with Crippen LogP contribution in [-0.4, -0.2) is 68.7 Å². The first-order valence-electron chi connectivity index (χ1n) is 11.7. The van der Waals surface area contributed by atoms with E-state index < -0.39 is 0 Å². The molecule has 33 heavy (non-hydrogen) atoms. The number of hydrogen-bond donors (Lipinski definition) is 0. The molecule has 2 aromatic heterocycles. The summed E-state index contributed by atoms with van der Waals surface area (Å²) >= 11 is 6.60. The summed E-state index contributed by atoms with van der Waals surface area (Å²) in [4.78, 5) is 31.2. The first-order valence-corrected chi connectivity index (χ1v) is 12.1. The number of halogens is 1. The Kier molecular flexibility index (Phi) is 5.22. The van der Waals surface area contributed by atoms with Crippen molar-refractivity contribution in [3.8, 4) is 11.4 Å². The van der Waals surface area contributed by atoms with Gasteiger partial charge in [-0.25, -0.2) is 15.0 Å². The van der Waals surface area contributed by atoms with Gasteiger partial charge in [0.2, 0.25) is 5.91 Å². The molecule has 0 spiro atoms. The van der Waals surface area contributed by atoms with Crippen LogP contribution in [-0.2, 0) is 16.1 Å². The van der Waals surface area contributed by atoms with Crippen LogP contribution in [0.25, 0.3) is 22.6 Å². The molecular formula is C24H27ClN6O2. The molecule has 1 amide bonds. The van der Waals surface area contributed by atoms with Gasteiger partial charge in [0.05, 0.1) is 17.7 Å². The van der Waals surface area contributed by atoms with E-state index in [-0.39, 0.29) is 18.1 Å². The minimum atomic E-state index is 0.135. The van der Waals surface area contributed by atoms with Gasteiger partial charge in [-0.05, 0) is 38.3 Å². The van der Waals surface area contributed by atoms with Gasteiger partial charge in [0.1, 0.15) is 11.6 Å². The fourth-order valence-corrected chi connectivity index (χ4v) is 5.60. The van der Waals surface area contributed by atoms with E-state index in [0.717, 1.165) is 73.9 Å². The summed E-state index contributed by atoms with van der Waals surface area (Å²) in [7, 11) is 0. The van der Waals surface area contributed by atoms with E-state index in [9.17, 15) is 4.79 Å². The lowest BCUT2D eigenvalue weighted by Crippen LogP contribution is -2.51. The molecule has 0 bridgehead atoms. The molecule has 0 saturated carbocycles. The van der Waals surface area contributed by atoms with Gasteiger partial charge in [-0.15, -0.1) is 0 Å². The molecule has 9 heteroatoms. The Balaban J connectivity index is 1.48. The molecule has 6 rings (SSSR count). The molecule has 0 N–H and O–H groups in total. The van der Waals surface area contributed by atoms with Gasteiger partial charge in [-0.3, -0.25) is 4.79 Å². The van der Waals surface area contributed by atoms with E-state index in [1.807, 2.05) is 36.1 Å². The number of carbonyl (C=O) groups is 1. The molecule has 3 aliphatic rings. The van der Waals surface area contributed by atoms with Crippen molar-refractivity contribution in [3.63, 3.8) is 0 Å². The van der Waals surface area contributed by atoms with E-state index in [2.05, 4.69) is 9.47 Å². The molecular weight excluding hydrogens is 440 g/mol. The summed E-state index contributed by atoms with van der Waals surface area (Å²) in [6.45, 7) is 5.64. The number of fused-ring (bicyclic) bond motifs is 2. The predicted molar refractivity (Wildman–Crippen MR) is 126 cm³/mol. The maximum atomic E-state index is 12.2. The second-order valence-electron chi connectivity index (χ2n) is 9.15. The van der Waals surface area contributed by atoms with Crippen molar-refractivity contribution >= 4 is 34.5 Å². The number of aromatic nitrogens is 4. The van der Waals surface area contributed by atoms with Gasteiger partial charge in [0.15, 0.2) is 17.0 Å². The lowest BCUT2D eigenvalue weighted by Gasteiger charge is -2.38. The third-order valence-corrected chi connectivity index (χ3v) is 7.34. The van der Waals surface area contributed by atoms with E-state index >= 15 is 0 Å². The number of aryl methyl sites for hydroxylation is 1. The van der Waals surface area contributed by atoms with Gasteiger partial charge < -0.3 is 19.1 Å². The van der Waals surface area contributed by atoms with Crippen molar-refractivity contribution in [2.24, 2.45) is 0 Å². The molecule has 3 saturated heterocycles. The molecule has 0 radical (unpaired) electrons. The van der Waals surface area contributed by atoms with Crippen LogP contribution in [0.4, 0.5) is 5.82 Å². The van der Waals surface area contributed by atoms with Crippen molar-refractivity contribution < 1.29 is 9.53 Å². The molecule has 8 nitrogen and oxygen atoms in total. The lowest BCUT2D eigenvalue weighted by atomic mass is 10.1. The monoisotopic (exact) mass is 466 g/mol. The number of benzene rings is 1. The van der Waals surface area contributed by atoms with Crippen molar-refractivity contribution in [2.45, 2.75) is 51.3 Å². The van der Waals surface area contributed by atoms with Gasteiger partial charge in [0.25, 0.3) is 0 Å². The number of ether oxygens (including phenoxy) is 1. The van der Waals surface area contributed by atoms with Crippen LogP contribution < -0.4 is 4.90 Å². The maximum absolute atomic E-state index is 12.2. The van der Waals surface area contributed by atoms with Crippen LogP contribution in [0.1, 0.15) is 31.5 Å². The average Bonchev–Trinajstić information content (AvgIpc) is 3.54. The maximum Gasteiger partial charge on any atom is 0.223 e. The molecule has 0 aliphatic carbocycles. The SMILES string of the molecule is Cc1nc(N2CCN3C(=O)CCC3C2)c2nc(-c3ccccc3Cl)n(C[C@H]3CCCO3)c2n1. The molecule has 3 fully saturated rings.